The Morgan fingerprint density at radius 1 is 0.554 bits per heavy atom. The van der Waals surface area contributed by atoms with Crippen LogP contribution in [0.2, 0.25) is 0 Å². The fourth-order valence-electron chi connectivity index (χ4n) is 6.56. The van der Waals surface area contributed by atoms with Crippen LogP contribution in [-0.2, 0) is 27.9 Å². The standard InChI is InChI=1S/C46H89O9P/c1-3-5-7-9-11-13-15-17-18-19-20-21-22-23-24-25-27-29-31-33-35-37-39-52-42-45(43-54-56(50,51)53-41-44(48)40-47)55-46(49)38-36-34-32-30-28-26-16-14-12-10-8-6-4-2/h15,17,19-20,44-45,47-48H,3-14,16,18,21-43H2,1-2H3,(H,50,51)/b17-15-,20-19-. The lowest BCUT2D eigenvalue weighted by molar-refractivity contribution is -0.154. The molecular weight excluding hydrogens is 727 g/mol. The highest BCUT2D eigenvalue weighted by molar-refractivity contribution is 7.47. The summed E-state index contributed by atoms with van der Waals surface area (Å²) in [6, 6.07) is 0. The molecule has 0 aromatic heterocycles. The van der Waals surface area contributed by atoms with Gasteiger partial charge in [-0.2, -0.15) is 0 Å². The molecule has 0 heterocycles. The zero-order chi connectivity index (χ0) is 41.1. The first kappa shape index (κ1) is 54.9. The van der Waals surface area contributed by atoms with Crippen molar-refractivity contribution in [3.05, 3.63) is 24.3 Å². The number of rotatable bonds is 45. The SMILES string of the molecule is CCCCCCC/C=C\C/C=C\CCCCCCCCCCCCOCC(COP(=O)(O)OCC(O)CO)OC(=O)CCCCCCCCCCCCCCC. The maximum Gasteiger partial charge on any atom is 0.472 e. The van der Waals surface area contributed by atoms with Crippen LogP contribution in [-0.4, -0.2) is 66.3 Å². The smallest absolute Gasteiger partial charge is 0.457 e. The van der Waals surface area contributed by atoms with Gasteiger partial charge < -0.3 is 24.6 Å². The first-order valence-electron chi connectivity index (χ1n) is 23.3. The largest absolute Gasteiger partial charge is 0.472 e. The Morgan fingerprint density at radius 3 is 1.43 bits per heavy atom. The fraction of sp³-hybridized carbons (Fsp3) is 0.891. The molecule has 10 heteroatoms. The average molecular weight is 817 g/mol. The van der Waals surface area contributed by atoms with Crippen LogP contribution in [0.25, 0.3) is 0 Å². The molecule has 0 aliphatic heterocycles. The number of hydrogen-bond acceptors (Lipinski definition) is 8. The van der Waals surface area contributed by atoms with E-state index in [0.717, 1.165) is 44.9 Å². The van der Waals surface area contributed by atoms with E-state index in [0.29, 0.717) is 6.61 Å². The van der Waals surface area contributed by atoms with Gasteiger partial charge in [-0.05, 0) is 44.9 Å². The van der Waals surface area contributed by atoms with E-state index in [1.54, 1.807) is 0 Å². The van der Waals surface area contributed by atoms with Crippen molar-refractivity contribution in [1.29, 1.82) is 0 Å². The van der Waals surface area contributed by atoms with E-state index in [1.807, 2.05) is 0 Å². The van der Waals surface area contributed by atoms with Gasteiger partial charge in [0.2, 0.25) is 0 Å². The van der Waals surface area contributed by atoms with Crippen LogP contribution in [0, 0.1) is 0 Å². The highest BCUT2D eigenvalue weighted by Gasteiger charge is 2.26. The second-order valence-corrected chi connectivity index (χ2v) is 17.2. The topological polar surface area (TPSA) is 132 Å². The molecule has 3 atom stereocenters. The zero-order valence-corrected chi connectivity index (χ0v) is 37.3. The summed E-state index contributed by atoms with van der Waals surface area (Å²) in [6.07, 6.45) is 45.7. The first-order valence-corrected chi connectivity index (χ1v) is 24.8. The molecule has 56 heavy (non-hydrogen) atoms. The van der Waals surface area contributed by atoms with Gasteiger partial charge in [0, 0.05) is 13.0 Å². The van der Waals surface area contributed by atoms with Gasteiger partial charge in [-0.1, -0.05) is 192 Å². The Hall–Kier alpha value is -1.06. The van der Waals surface area contributed by atoms with Crippen LogP contribution in [0.15, 0.2) is 24.3 Å². The molecule has 0 aromatic rings. The van der Waals surface area contributed by atoms with Crippen molar-refractivity contribution in [2.24, 2.45) is 0 Å². The van der Waals surface area contributed by atoms with Crippen molar-refractivity contribution >= 4 is 13.8 Å². The fourth-order valence-corrected chi connectivity index (χ4v) is 7.35. The van der Waals surface area contributed by atoms with Crippen LogP contribution in [0.5, 0.6) is 0 Å². The number of carbonyl (C=O) groups excluding carboxylic acids is 1. The zero-order valence-electron chi connectivity index (χ0n) is 36.4. The van der Waals surface area contributed by atoms with E-state index in [9.17, 15) is 19.4 Å². The second-order valence-electron chi connectivity index (χ2n) is 15.8. The quantitative estimate of drug-likeness (QED) is 0.0238. The Balaban J connectivity index is 4.07. The van der Waals surface area contributed by atoms with Crippen LogP contribution in [0.1, 0.15) is 219 Å². The maximum absolute atomic E-state index is 12.6. The Kier molecular flexibility index (Phi) is 42.7. The molecule has 0 rings (SSSR count). The molecule has 0 amide bonds. The van der Waals surface area contributed by atoms with Gasteiger partial charge in [0.25, 0.3) is 0 Å². The minimum Gasteiger partial charge on any atom is -0.457 e. The maximum atomic E-state index is 12.6. The first-order chi connectivity index (χ1) is 27.3. The summed E-state index contributed by atoms with van der Waals surface area (Å²) >= 11 is 0. The lowest BCUT2D eigenvalue weighted by Gasteiger charge is -2.20. The Bertz CT molecular complexity index is 928. The lowest BCUT2D eigenvalue weighted by Crippen LogP contribution is -2.29. The van der Waals surface area contributed by atoms with E-state index >= 15 is 0 Å². The molecule has 0 fully saturated rings. The molecule has 3 N–H and O–H groups in total. The van der Waals surface area contributed by atoms with Gasteiger partial charge in [0.1, 0.15) is 12.2 Å². The van der Waals surface area contributed by atoms with E-state index in [4.69, 9.17) is 23.6 Å². The normalized spacial score (nSPS) is 14.2. The van der Waals surface area contributed by atoms with Crippen molar-refractivity contribution in [2.45, 2.75) is 232 Å². The van der Waals surface area contributed by atoms with Gasteiger partial charge in [-0.15, -0.1) is 0 Å². The predicted molar refractivity (Wildman–Crippen MR) is 233 cm³/mol. The molecule has 0 aromatic carbocycles. The van der Waals surface area contributed by atoms with E-state index in [-0.39, 0.29) is 25.6 Å². The van der Waals surface area contributed by atoms with Crippen LogP contribution < -0.4 is 0 Å². The number of carbonyl (C=O) groups is 1. The molecule has 0 radical (unpaired) electrons. The number of esters is 1. The molecule has 3 unspecified atom stereocenters. The second kappa shape index (κ2) is 43.5. The van der Waals surface area contributed by atoms with Gasteiger partial charge in [0.15, 0.2) is 0 Å². The number of phosphoric acid groups is 1. The summed E-state index contributed by atoms with van der Waals surface area (Å²) in [6.45, 7) is 3.53. The predicted octanol–water partition coefficient (Wildman–Crippen LogP) is 13.0. The highest BCUT2D eigenvalue weighted by atomic mass is 31.2. The third kappa shape index (κ3) is 42.5. The third-order valence-electron chi connectivity index (χ3n) is 10.1. The molecular formula is C46H89O9P. The molecule has 0 bridgehead atoms. The van der Waals surface area contributed by atoms with Gasteiger partial charge in [0.05, 0.1) is 26.4 Å². The number of allylic oxidation sites excluding steroid dienone is 4. The number of ether oxygens (including phenoxy) is 2. The molecule has 332 valence electrons. The van der Waals surface area contributed by atoms with E-state index in [1.165, 1.54) is 154 Å². The van der Waals surface area contributed by atoms with Crippen molar-refractivity contribution in [1.82, 2.24) is 0 Å². The molecule has 0 spiro atoms. The summed E-state index contributed by atoms with van der Waals surface area (Å²) in [5, 5.41) is 18.4. The van der Waals surface area contributed by atoms with E-state index in [2.05, 4.69) is 38.2 Å². The van der Waals surface area contributed by atoms with Gasteiger partial charge in [-0.3, -0.25) is 13.8 Å². The number of unbranched alkanes of at least 4 members (excludes halogenated alkanes) is 27. The number of aliphatic hydroxyl groups excluding tert-OH is 2. The number of hydrogen-bond donors (Lipinski definition) is 3. The van der Waals surface area contributed by atoms with Crippen LogP contribution in [0.3, 0.4) is 0 Å². The van der Waals surface area contributed by atoms with Crippen molar-refractivity contribution in [2.75, 3.05) is 33.0 Å². The van der Waals surface area contributed by atoms with Crippen LogP contribution in [0.4, 0.5) is 0 Å². The summed E-state index contributed by atoms with van der Waals surface area (Å²) < 4.78 is 33.4. The van der Waals surface area contributed by atoms with Gasteiger partial charge in [-0.25, -0.2) is 4.57 Å². The van der Waals surface area contributed by atoms with Crippen molar-refractivity contribution in [3.8, 4) is 0 Å². The third-order valence-corrected chi connectivity index (χ3v) is 11.1. The van der Waals surface area contributed by atoms with Crippen molar-refractivity contribution < 1.29 is 43.0 Å². The van der Waals surface area contributed by atoms with E-state index < -0.39 is 33.2 Å². The van der Waals surface area contributed by atoms with Gasteiger partial charge >= 0.3 is 13.8 Å². The highest BCUT2D eigenvalue weighted by Crippen LogP contribution is 2.43. The number of aliphatic hydroxyl groups is 2. The molecule has 0 saturated carbocycles. The minimum atomic E-state index is -4.51. The Labute approximate surface area is 344 Å². The molecule has 0 aliphatic carbocycles. The summed E-state index contributed by atoms with van der Waals surface area (Å²) in [5.41, 5.74) is 0. The summed E-state index contributed by atoms with van der Waals surface area (Å²) in [5.74, 6) is -0.381. The average Bonchev–Trinajstić information content (AvgIpc) is 3.19. The summed E-state index contributed by atoms with van der Waals surface area (Å²) in [7, 11) is -4.51. The molecule has 0 saturated heterocycles. The van der Waals surface area contributed by atoms with Crippen LogP contribution >= 0.6 is 7.82 Å². The Morgan fingerprint density at radius 2 is 0.964 bits per heavy atom. The number of phosphoric ester groups is 1. The molecule has 0 aliphatic rings. The van der Waals surface area contributed by atoms with Crippen molar-refractivity contribution in [3.63, 3.8) is 0 Å². The molecule has 9 nitrogen and oxygen atoms in total. The minimum absolute atomic E-state index is 0.0513. The monoisotopic (exact) mass is 817 g/mol. The summed E-state index contributed by atoms with van der Waals surface area (Å²) in [4.78, 5) is 22.6. The lowest BCUT2D eigenvalue weighted by atomic mass is 10.0.